The third-order valence-electron chi connectivity index (χ3n) is 4.17. The summed E-state index contributed by atoms with van der Waals surface area (Å²) in [6, 6.07) is 12.0. The van der Waals surface area contributed by atoms with E-state index in [9.17, 15) is 22.8 Å². The quantitative estimate of drug-likeness (QED) is 0.360. The summed E-state index contributed by atoms with van der Waals surface area (Å²) in [4.78, 5) is 31.8. The van der Waals surface area contributed by atoms with E-state index in [1.54, 1.807) is 13.0 Å². The number of benzene rings is 2. The van der Waals surface area contributed by atoms with Crippen molar-refractivity contribution >= 4 is 35.0 Å². The Bertz CT molecular complexity index is 1170. The van der Waals surface area contributed by atoms with Crippen molar-refractivity contribution in [3.63, 3.8) is 0 Å². The molecule has 2 N–H and O–H groups in total. The number of H-pyrrole nitrogens is 1. The van der Waals surface area contributed by atoms with Crippen LogP contribution in [0.4, 0.5) is 18.9 Å². The van der Waals surface area contributed by atoms with Gasteiger partial charge in [0.15, 0.2) is 5.16 Å². The van der Waals surface area contributed by atoms with Gasteiger partial charge in [-0.15, -0.1) is 13.2 Å². The number of amides is 1. The lowest BCUT2D eigenvalue weighted by molar-refractivity contribution is -0.274. The lowest BCUT2D eigenvalue weighted by Crippen LogP contribution is -2.23. The Morgan fingerprint density at radius 1 is 1.22 bits per heavy atom. The summed E-state index contributed by atoms with van der Waals surface area (Å²) in [5, 5.41) is 3.56. The Balaban J connectivity index is 1.61. The first-order valence-electron chi connectivity index (χ1n) is 9.22. The molecule has 0 fully saturated rings. The number of carbonyl (C=O) groups is 1. The van der Waals surface area contributed by atoms with Crippen LogP contribution >= 0.6 is 23.4 Å². The fraction of sp³-hybridized carbons (Fsp3) is 0.190. The first-order valence-corrected chi connectivity index (χ1v) is 10.6. The van der Waals surface area contributed by atoms with Gasteiger partial charge < -0.3 is 15.0 Å². The standard InChI is InChI=1S/C21H17ClF3N3O3S/c1-12-17(10-18(29)27-15-5-7-16(8-6-15)31-21(23,24)25)19(30)28-20(26-12)32-11-13-3-2-4-14(22)9-13/h2-9H,10-11H2,1H3,(H,27,29)(H,26,28,30). The number of aryl methyl sites for hydroxylation is 1. The Hall–Kier alpha value is -2.98. The number of aromatic nitrogens is 2. The number of nitrogens with one attached hydrogen (secondary N) is 2. The third kappa shape index (κ3) is 7.03. The van der Waals surface area contributed by atoms with Gasteiger partial charge in [0, 0.05) is 27.7 Å². The molecule has 3 aromatic rings. The van der Waals surface area contributed by atoms with Gasteiger partial charge in [-0.2, -0.15) is 0 Å². The van der Waals surface area contributed by atoms with Crippen LogP contribution in [-0.2, 0) is 17.0 Å². The molecule has 168 valence electrons. The molecule has 0 aliphatic rings. The van der Waals surface area contributed by atoms with E-state index in [2.05, 4.69) is 20.0 Å². The first kappa shape index (κ1) is 23.7. The van der Waals surface area contributed by atoms with Crippen LogP contribution in [0.15, 0.2) is 58.5 Å². The molecular weight excluding hydrogens is 467 g/mol. The summed E-state index contributed by atoms with van der Waals surface area (Å²) < 4.78 is 40.4. The van der Waals surface area contributed by atoms with Crippen LogP contribution in [0.1, 0.15) is 16.8 Å². The normalized spacial score (nSPS) is 11.3. The molecule has 2 aromatic carbocycles. The number of rotatable bonds is 7. The monoisotopic (exact) mass is 483 g/mol. The first-order chi connectivity index (χ1) is 15.1. The van der Waals surface area contributed by atoms with Crippen molar-refractivity contribution in [3.8, 4) is 5.75 Å². The summed E-state index contributed by atoms with van der Waals surface area (Å²) in [6.07, 6.45) is -5.04. The molecule has 32 heavy (non-hydrogen) atoms. The van der Waals surface area contributed by atoms with E-state index in [4.69, 9.17) is 11.6 Å². The highest BCUT2D eigenvalue weighted by molar-refractivity contribution is 7.98. The molecule has 1 aromatic heterocycles. The van der Waals surface area contributed by atoms with Crippen molar-refractivity contribution in [2.45, 2.75) is 30.6 Å². The highest BCUT2D eigenvalue weighted by Crippen LogP contribution is 2.24. The van der Waals surface area contributed by atoms with Gasteiger partial charge in [0.05, 0.1) is 6.42 Å². The van der Waals surface area contributed by atoms with E-state index in [0.29, 0.717) is 21.6 Å². The van der Waals surface area contributed by atoms with Crippen molar-refractivity contribution in [2.75, 3.05) is 5.32 Å². The van der Waals surface area contributed by atoms with Crippen LogP contribution in [0.2, 0.25) is 5.02 Å². The van der Waals surface area contributed by atoms with Crippen LogP contribution in [0.5, 0.6) is 5.75 Å². The number of alkyl halides is 3. The van der Waals surface area contributed by atoms with Gasteiger partial charge in [0.1, 0.15) is 5.75 Å². The highest BCUT2D eigenvalue weighted by atomic mass is 35.5. The van der Waals surface area contributed by atoms with Gasteiger partial charge in [-0.3, -0.25) is 9.59 Å². The molecule has 0 saturated carbocycles. The number of hydrogen-bond acceptors (Lipinski definition) is 5. The van der Waals surface area contributed by atoms with Crippen molar-refractivity contribution in [1.82, 2.24) is 9.97 Å². The summed E-state index contributed by atoms with van der Waals surface area (Å²) >= 11 is 7.29. The topological polar surface area (TPSA) is 84.1 Å². The number of anilines is 1. The van der Waals surface area contributed by atoms with Gasteiger partial charge in [0.25, 0.3) is 5.56 Å². The lowest BCUT2D eigenvalue weighted by Gasteiger charge is -2.10. The predicted octanol–water partition coefficient (Wildman–Crippen LogP) is 5.10. The minimum atomic E-state index is -4.80. The second kappa shape index (κ2) is 10.1. The van der Waals surface area contributed by atoms with E-state index in [-0.39, 0.29) is 17.7 Å². The number of hydrogen-bond donors (Lipinski definition) is 2. The largest absolute Gasteiger partial charge is 0.573 e. The van der Waals surface area contributed by atoms with Gasteiger partial charge in [-0.1, -0.05) is 35.5 Å². The van der Waals surface area contributed by atoms with Crippen LogP contribution < -0.4 is 15.6 Å². The molecule has 0 atom stereocenters. The average Bonchev–Trinajstić information content (AvgIpc) is 2.70. The average molecular weight is 484 g/mol. The van der Waals surface area contributed by atoms with Crippen molar-refractivity contribution in [1.29, 1.82) is 0 Å². The zero-order chi connectivity index (χ0) is 23.3. The Morgan fingerprint density at radius 3 is 2.56 bits per heavy atom. The maximum absolute atomic E-state index is 12.5. The van der Waals surface area contributed by atoms with Gasteiger partial charge in [-0.05, 0) is 48.9 Å². The van der Waals surface area contributed by atoms with Gasteiger partial charge in [0.2, 0.25) is 5.91 Å². The summed E-state index contributed by atoms with van der Waals surface area (Å²) in [5.41, 5.74) is 1.41. The van der Waals surface area contributed by atoms with Gasteiger partial charge in [-0.25, -0.2) is 4.98 Å². The van der Waals surface area contributed by atoms with E-state index < -0.39 is 23.6 Å². The van der Waals surface area contributed by atoms with E-state index in [1.165, 1.54) is 23.9 Å². The van der Waals surface area contributed by atoms with E-state index >= 15 is 0 Å². The molecule has 0 aliphatic carbocycles. The Kier molecular flexibility index (Phi) is 7.47. The number of aromatic amines is 1. The summed E-state index contributed by atoms with van der Waals surface area (Å²) in [5.74, 6) is -0.362. The minimum Gasteiger partial charge on any atom is -0.406 e. The molecule has 0 spiro atoms. The Morgan fingerprint density at radius 2 is 1.94 bits per heavy atom. The van der Waals surface area contributed by atoms with Crippen LogP contribution in [-0.4, -0.2) is 22.2 Å². The highest BCUT2D eigenvalue weighted by Gasteiger charge is 2.31. The fourth-order valence-electron chi connectivity index (χ4n) is 2.75. The third-order valence-corrected chi connectivity index (χ3v) is 5.35. The smallest absolute Gasteiger partial charge is 0.406 e. The summed E-state index contributed by atoms with van der Waals surface area (Å²) in [7, 11) is 0. The van der Waals surface area contributed by atoms with E-state index in [0.717, 1.165) is 17.7 Å². The molecule has 0 aliphatic heterocycles. The maximum atomic E-state index is 12.5. The maximum Gasteiger partial charge on any atom is 0.573 e. The second-order valence-electron chi connectivity index (χ2n) is 6.65. The Labute approximate surface area is 190 Å². The molecule has 3 rings (SSSR count). The molecular formula is C21H17ClF3N3O3S. The van der Waals surface area contributed by atoms with Crippen molar-refractivity contribution < 1.29 is 22.7 Å². The van der Waals surface area contributed by atoms with Crippen molar-refractivity contribution in [3.05, 3.63) is 80.7 Å². The van der Waals surface area contributed by atoms with Crippen LogP contribution in [0, 0.1) is 6.92 Å². The molecule has 11 heteroatoms. The number of thioether (sulfide) groups is 1. The second-order valence-corrected chi connectivity index (χ2v) is 8.05. The molecule has 6 nitrogen and oxygen atoms in total. The number of nitrogens with zero attached hydrogens (tertiary/aromatic N) is 1. The molecule has 0 unspecified atom stereocenters. The molecule has 1 amide bonds. The zero-order valence-corrected chi connectivity index (χ0v) is 18.2. The molecule has 0 saturated heterocycles. The van der Waals surface area contributed by atoms with Crippen LogP contribution in [0.3, 0.4) is 0 Å². The molecule has 0 bridgehead atoms. The number of halogens is 4. The molecule has 0 radical (unpaired) electrons. The zero-order valence-electron chi connectivity index (χ0n) is 16.6. The lowest BCUT2D eigenvalue weighted by atomic mass is 10.1. The van der Waals surface area contributed by atoms with E-state index in [1.807, 2.05) is 18.2 Å². The minimum absolute atomic E-state index is 0.201. The molecule has 1 heterocycles. The summed E-state index contributed by atoms with van der Waals surface area (Å²) in [6.45, 7) is 1.63. The fourth-order valence-corrected chi connectivity index (χ4v) is 3.81. The van der Waals surface area contributed by atoms with Gasteiger partial charge >= 0.3 is 6.36 Å². The predicted molar refractivity (Wildman–Crippen MR) is 116 cm³/mol. The van der Waals surface area contributed by atoms with Crippen LogP contribution in [0.25, 0.3) is 0 Å². The number of ether oxygens (including phenoxy) is 1. The van der Waals surface area contributed by atoms with Crippen molar-refractivity contribution in [2.24, 2.45) is 0 Å². The number of carbonyl (C=O) groups excluding carboxylic acids is 1. The SMILES string of the molecule is Cc1nc(SCc2cccc(Cl)c2)[nH]c(=O)c1CC(=O)Nc1ccc(OC(F)(F)F)cc1.